The highest BCUT2D eigenvalue weighted by Gasteiger charge is 2.12. The Labute approximate surface area is 173 Å². The molecule has 0 bridgehead atoms. The normalized spacial score (nSPS) is 12.0. The van der Waals surface area contributed by atoms with Gasteiger partial charge in [0.05, 0.1) is 4.53 Å². The molecule has 8 heteroatoms. The van der Waals surface area contributed by atoms with Gasteiger partial charge in [-0.15, -0.1) is 0 Å². The van der Waals surface area contributed by atoms with E-state index < -0.39 is 5.56 Å². The summed E-state index contributed by atoms with van der Waals surface area (Å²) in [5, 5.41) is 5.11. The van der Waals surface area contributed by atoms with Crippen LogP contribution in [0.5, 0.6) is 0 Å². The largest absolute Gasteiger partial charge is 0.296 e. The molecule has 0 amide bonds. The molecule has 28 heavy (non-hydrogen) atoms. The molecule has 0 atom stereocenters. The molecule has 0 aliphatic heterocycles. The fourth-order valence-corrected chi connectivity index (χ4v) is 4.12. The van der Waals surface area contributed by atoms with Gasteiger partial charge in [0.2, 0.25) is 4.96 Å². The summed E-state index contributed by atoms with van der Waals surface area (Å²) in [6, 6.07) is 12.9. The summed E-state index contributed by atoms with van der Waals surface area (Å²) < 4.78 is 1.51. The highest BCUT2D eigenvalue weighted by molar-refractivity contribution is 7.15. The van der Waals surface area contributed by atoms with Gasteiger partial charge in [-0.1, -0.05) is 70.4 Å². The van der Waals surface area contributed by atoms with E-state index in [4.69, 9.17) is 23.2 Å². The van der Waals surface area contributed by atoms with Gasteiger partial charge in [-0.3, -0.25) is 9.59 Å². The van der Waals surface area contributed by atoms with E-state index in [9.17, 15) is 9.59 Å². The molecular formula is C20H13Cl2N3O2S. The van der Waals surface area contributed by atoms with Gasteiger partial charge in [0, 0.05) is 22.0 Å². The number of hydrogen-bond acceptors (Lipinski definition) is 5. The van der Waals surface area contributed by atoms with Gasteiger partial charge in [-0.05, 0) is 30.7 Å². The molecule has 140 valence electrons. The van der Waals surface area contributed by atoms with Gasteiger partial charge < -0.3 is 0 Å². The Morgan fingerprint density at radius 3 is 2.43 bits per heavy atom. The Bertz CT molecular complexity index is 1340. The van der Waals surface area contributed by atoms with Crippen LogP contribution < -0.4 is 15.7 Å². The van der Waals surface area contributed by atoms with Crippen LogP contribution in [-0.2, 0) is 6.42 Å². The third kappa shape index (κ3) is 3.58. The summed E-state index contributed by atoms with van der Waals surface area (Å²) in [4.78, 5) is 29.4. The second kappa shape index (κ2) is 7.47. The van der Waals surface area contributed by atoms with Crippen molar-refractivity contribution in [3.05, 3.63) is 100 Å². The van der Waals surface area contributed by atoms with E-state index in [2.05, 4.69) is 10.1 Å². The van der Waals surface area contributed by atoms with Crippen LogP contribution in [0.4, 0.5) is 0 Å². The van der Waals surface area contributed by atoms with Crippen molar-refractivity contribution in [1.29, 1.82) is 0 Å². The zero-order chi connectivity index (χ0) is 19.8. The molecule has 5 nitrogen and oxygen atoms in total. The predicted octanol–water partition coefficient (Wildman–Crippen LogP) is 3.26. The van der Waals surface area contributed by atoms with Crippen molar-refractivity contribution in [2.75, 3.05) is 0 Å². The molecule has 0 aliphatic rings. The molecule has 0 N–H and O–H groups in total. The minimum Gasteiger partial charge on any atom is -0.266 e. The molecule has 0 fully saturated rings. The molecule has 4 aromatic rings. The van der Waals surface area contributed by atoms with Gasteiger partial charge in [0.25, 0.3) is 11.1 Å². The highest BCUT2D eigenvalue weighted by Crippen LogP contribution is 2.24. The lowest BCUT2D eigenvalue weighted by atomic mass is 10.1. The van der Waals surface area contributed by atoms with Crippen LogP contribution in [0.2, 0.25) is 10.0 Å². The Kier molecular flexibility index (Phi) is 5.02. The SMILES string of the molecule is Cc1ccc(Cc2nn3c(=O)/c(=C/c4c(Cl)cccc4Cl)sc3nc2=O)cc1. The van der Waals surface area contributed by atoms with Crippen LogP contribution in [0.25, 0.3) is 11.0 Å². The number of nitrogens with zero attached hydrogens (tertiary/aromatic N) is 3. The average molecular weight is 430 g/mol. The molecule has 0 saturated heterocycles. The summed E-state index contributed by atoms with van der Waals surface area (Å²) in [5.74, 6) is 0. The van der Waals surface area contributed by atoms with Crippen LogP contribution in [-0.4, -0.2) is 14.6 Å². The van der Waals surface area contributed by atoms with Gasteiger partial charge in [0.15, 0.2) is 0 Å². The van der Waals surface area contributed by atoms with E-state index in [0.717, 1.165) is 27.0 Å². The third-order valence-corrected chi connectivity index (χ3v) is 5.84. The van der Waals surface area contributed by atoms with E-state index in [-0.39, 0.29) is 16.2 Å². The number of hydrogen-bond donors (Lipinski definition) is 0. The second-order valence-electron chi connectivity index (χ2n) is 6.27. The molecule has 2 aromatic heterocycles. The summed E-state index contributed by atoms with van der Waals surface area (Å²) in [5.41, 5.74) is 2.00. The van der Waals surface area contributed by atoms with Crippen LogP contribution in [0.1, 0.15) is 22.4 Å². The maximum Gasteiger partial charge on any atom is 0.296 e. The Morgan fingerprint density at radius 1 is 1.07 bits per heavy atom. The van der Waals surface area contributed by atoms with Crippen molar-refractivity contribution in [3.63, 3.8) is 0 Å². The predicted molar refractivity (Wildman–Crippen MR) is 113 cm³/mol. The lowest BCUT2D eigenvalue weighted by Crippen LogP contribution is -2.28. The average Bonchev–Trinajstić information content (AvgIpc) is 2.95. The number of aromatic nitrogens is 3. The van der Waals surface area contributed by atoms with Crippen LogP contribution >= 0.6 is 34.5 Å². The summed E-state index contributed by atoms with van der Waals surface area (Å²) in [6.45, 7) is 1.99. The quantitative estimate of drug-likeness (QED) is 0.501. The highest BCUT2D eigenvalue weighted by atomic mass is 35.5. The van der Waals surface area contributed by atoms with Gasteiger partial charge >= 0.3 is 0 Å². The second-order valence-corrected chi connectivity index (χ2v) is 8.10. The number of rotatable bonds is 3. The molecule has 2 heterocycles. The summed E-state index contributed by atoms with van der Waals surface area (Å²) in [6.07, 6.45) is 1.90. The zero-order valence-electron chi connectivity index (χ0n) is 14.6. The maximum atomic E-state index is 12.8. The van der Waals surface area contributed by atoms with E-state index >= 15 is 0 Å². The molecule has 0 unspecified atom stereocenters. The van der Waals surface area contributed by atoms with Crippen molar-refractivity contribution in [2.24, 2.45) is 0 Å². The maximum absolute atomic E-state index is 12.8. The lowest BCUT2D eigenvalue weighted by Gasteiger charge is -2.01. The first kappa shape index (κ1) is 18.8. The summed E-state index contributed by atoms with van der Waals surface area (Å²) >= 11 is 13.4. The molecular weight excluding hydrogens is 417 g/mol. The van der Waals surface area contributed by atoms with Crippen molar-refractivity contribution < 1.29 is 0 Å². The number of thiazole rings is 1. The first-order chi connectivity index (χ1) is 13.4. The first-order valence-corrected chi connectivity index (χ1v) is 9.93. The minimum absolute atomic E-state index is 0.221. The lowest BCUT2D eigenvalue weighted by molar-refractivity contribution is 0.811. The third-order valence-electron chi connectivity index (χ3n) is 4.22. The van der Waals surface area contributed by atoms with Gasteiger partial charge in [-0.2, -0.15) is 14.6 Å². The zero-order valence-corrected chi connectivity index (χ0v) is 17.0. The van der Waals surface area contributed by atoms with Crippen LogP contribution in [0, 0.1) is 6.92 Å². The minimum atomic E-state index is -0.441. The molecule has 0 aliphatic carbocycles. The molecule has 0 saturated carbocycles. The van der Waals surface area contributed by atoms with Crippen molar-refractivity contribution in [3.8, 4) is 0 Å². The molecule has 0 spiro atoms. The van der Waals surface area contributed by atoms with E-state index in [1.165, 1.54) is 0 Å². The molecule has 2 aromatic carbocycles. The van der Waals surface area contributed by atoms with Crippen molar-refractivity contribution >= 4 is 45.6 Å². The van der Waals surface area contributed by atoms with Gasteiger partial charge in [0.1, 0.15) is 5.69 Å². The Balaban J connectivity index is 1.84. The number of aryl methyl sites for hydroxylation is 1. The number of halogens is 2. The fourth-order valence-electron chi connectivity index (χ4n) is 2.73. The van der Waals surface area contributed by atoms with Crippen LogP contribution in [0.3, 0.4) is 0 Å². The van der Waals surface area contributed by atoms with Crippen molar-refractivity contribution in [2.45, 2.75) is 13.3 Å². The van der Waals surface area contributed by atoms with Gasteiger partial charge in [-0.25, -0.2) is 0 Å². The number of benzene rings is 2. The standard InChI is InChI=1S/C20H13Cl2N3O2S/c1-11-5-7-12(8-6-11)9-16-18(26)23-20-25(24-16)19(27)17(28-20)10-13-14(21)3-2-4-15(13)22/h2-8,10H,9H2,1H3/b17-10-. The van der Waals surface area contributed by atoms with Crippen LogP contribution in [0.15, 0.2) is 52.1 Å². The molecule has 4 rings (SSSR count). The monoisotopic (exact) mass is 429 g/mol. The Hall–Kier alpha value is -2.54. The smallest absolute Gasteiger partial charge is 0.266 e. The topological polar surface area (TPSA) is 64.3 Å². The summed E-state index contributed by atoms with van der Waals surface area (Å²) in [7, 11) is 0. The van der Waals surface area contributed by atoms with Crippen molar-refractivity contribution in [1.82, 2.24) is 14.6 Å². The van der Waals surface area contributed by atoms with E-state index in [1.54, 1.807) is 24.3 Å². The first-order valence-electron chi connectivity index (χ1n) is 8.36. The molecule has 0 radical (unpaired) electrons. The Morgan fingerprint density at radius 2 is 1.75 bits per heavy atom. The van der Waals surface area contributed by atoms with E-state index in [0.29, 0.717) is 26.6 Å². The van der Waals surface area contributed by atoms with E-state index in [1.807, 2.05) is 31.2 Å². The fraction of sp³-hybridized carbons (Fsp3) is 0.100. The number of fused-ring (bicyclic) bond motifs is 1.